The van der Waals surface area contributed by atoms with E-state index in [1.165, 1.54) is 6.07 Å². The van der Waals surface area contributed by atoms with E-state index in [0.717, 1.165) is 31.6 Å². The molecule has 1 saturated heterocycles. The Bertz CT molecular complexity index is 351. The Kier molecular flexibility index (Phi) is 3.85. The van der Waals surface area contributed by atoms with Gasteiger partial charge >= 0.3 is 0 Å². The van der Waals surface area contributed by atoms with Crippen LogP contribution in [0.4, 0.5) is 8.78 Å². The predicted molar refractivity (Wildman–Crippen MR) is 57.0 cm³/mol. The maximum absolute atomic E-state index is 13.2. The molecule has 0 unspecified atom stereocenters. The maximum atomic E-state index is 13.2. The molecule has 2 rings (SSSR count). The zero-order valence-electron chi connectivity index (χ0n) is 9.01. The summed E-state index contributed by atoms with van der Waals surface area (Å²) >= 11 is 0. The first-order valence-corrected chi connectivity index (χ1v) is 5.52. The third-order valence-electron chi connectivity index (χ3n) is 2.72. The third-order valence-corrected chi connectivity index (χ3v) is 2.72. The highest BCUT2D eigenvalue weighted by Crippen LogP contribution is 2.12. The summed E-state index contributed by atoms with van der Waals surface area (Å²) in [7, 11) is 0. The van der Waals surface area contributed by atoms with Gasteiger partial charge in [0, 0.05) is 25.3 Å². The summed E-state index contributed by atoms with van der Waals surface area (Å²) in [6, 6.07) is 3.50. The van der Waals surface area contributed by atoms with Crippen molar-refractivity contribution in [1.29, 1.82) is 0 Å². The van der Waals surface area contributed by atoms with Crippen molar-refractivity contribution in [2.75, 3.05) is 13.2 Å². The van der Waals surface area contributed by atoms with Crippen LogP contribution in [0.1, 0.15) is 18.4 Å². The first-order valence-electron chi connectivity index (χ1n) is 5.52. The third kappa shape index (κ3) is 3.00. The monoisotopic (exact) mass is 227 g/mol. The Morgan fingerprint density at radius 2 is 2.25 bits per heavy atom. The average Bonchev–Trinajstić information content (AvgIpc) is 2.76. The van der Waals surface area contributed by atoms with E-state index in [0.29, 0.717) is 18.7 Å². The number of benzene rings is 1. The lowest BCUT2D eigenvalue weighted by atomic mass is 10.2. The number of nitrogens with one attached hydrogen (secondary N) is 1. The van der Waals surface area contributed by atoms with E-state index in [2.05, 4.69) is 5.32 Å². The van der Waals surface area contributed by atoms with E-state index < -0.39 is 5.82 Å². The van der Waals surface area contributed by atoms with Crippen LogP contribution in [0.15, 0.2) is 18.2 Å². The molecule has 0 saturated carbocycles. The minimum absolute atomic E-state index is 0.219. The molecule has 16 heavy (non-hydrogen) atoms. The molecule has 1 N–H and O–H groups in total. The fourth-order valence-electron chi connectivity index (χ4n) is 1.85. The first kappa shape index (κ1) is 11.5. The van der Waals surface area contributed by atoms with Crippen LogP contribution in [-0.2, 0) is 11.3 Å². The van der Waals surface area contributed by atoms with Gasteiger partial charge in [0.1, 0.15) is 11.6 Å². The van der Waals surface area contributed by atoms with Crippen molar-refractivity contribution in [2.24, 2.45) is 0 Å². The van der Waals surface area contributed by atoms with Crippen LogP contribution in [0, 0.1) is 11.6 Å². The highest BCUT2D eigenvalue weighted by molar-refractivity contribution is 5.18. The van der Waals surface area contributed by atoms with E-state index in [9.17, 15) is 8.78 Å². The fraction of sp³-hybridized carbons (Fsp3) is 0.500. The molecule has 0 aliphatic carbocycles. The minimum Gasteiger partial charge on any atom is -0.377 e. The second-order valence-corrected chi connectivity index (χ2v) is 4.00. The van der Waals surface area contributed by atoms with Crippen LogP contribution in [0.25, 0.3) is 0 Å². The molecule has 2 nitrogen and oxygen atoms in total. The standard InChI is InChI=1S/C12H15F2NO/c13-10-3-4-12(14)9(6-10)7-15-8-11-2-1-5-16-11/h3-4,6,11,15H,1-2,5,7-8H2/t11-/m0/s1. The van der Waals surface area contributed by atoms with Gasteiger partial charge in [0.2, 0.25) is 0 Å². The summed E-state index contributed by atoms with van der Waals surface area (Å²) in [5, 5.41) is 3.08. The molecule has 4 heteroatoms. The first-order chi connectivity index (χ1) is 7.75. The number of hydrogen-bond acceptors (Lipinski definition) is 2. The average molecular weight is 227 g/mol. The summed E-state index contributed by atoms with van der Waals surface area (Å²) in [6.07, 6.45) is 2.34. The summed E-state index contributed by atoms with van der Waals surface area (Å²) < 4.78 is 31.5. The van der Waals surface area contributed by atoms with Crippen molar-refractivity contribution < 1.29 is 13.5 Å². The molecule has 1 aliphatic rings. The smallest absolute Gasteiger partial charge is 0.127 e. The normalized spacial score (nSPS) is 20.2. The van der Waals surface area contributed by atoms with Crippen molar-refractivity contribution in [3.63, 3.8) is 0 Å². The molecule has 0 aromatic heterocycles. The number of hydrogen-bond donors (Lipinski definition) is 1. The van der Waals surface area contributed by atoms with Gasteiger partial charge in [0.05, 0.1) is 6.10 Å². The lowest BCUT2D eigenvalue weighted by Gasteiger charge is -2.11. The maximum Gasteiger partial charge on any atom is 0.127 e. The van der Waals surface area contributed by atoms with Gasteiger partial charge in [-0.3, -0.25) is 0 Å². The van der Waals surface area contributed by atoms with Crippen LogP contribution in [0.3, 0.4) is 0 Å². The summed E-state index contributed by atoms with van der Waals surface area (Å²) in [4.78, 5) is 0. The van der Waals surface area contributed by atoms with Gasteiger partial charge in [-0.2, -0.15) is 0 Å². The highest BCUT2D eigenvalue weighted by Gasteiger charge is 2.14. The Balaban J connectivity index is 1.82. The van der Waals surface area contributed by atoms with Gasteiger partial charge < -0.3 is 10.1 Å². The van der Waals surface area contributed by atoms with Crippen molar-refractivity contribution in [1.82, 2.24) is 5.32 Å². The van der Waals surface area contributed by atoms with Gasteiger partial charge in [0.15, 0.2) is 0 Å². The molecular weight excluding hydrogens is 212 g/mol. The fourth-order valence-corrected chi connectivity index (χ4v) is 1.85. The van der Waals surface area contributed by atoms with Gasteiger partial charge in [-0.15, -0.1) is 0 Å². The second-order valence-electron chi connectivity index (χ2n) is 4.00. The highest BCUT2D eigenvalue weighted by atomic mass is 19.1. The predicted octanol–water partition coefficient (Wildman–Crippen LogP) is 2.23. The topological polar surface area (TPSA) is 21.3 Å². The Hall–Kier alpha value is -1.00. The van der Waals surface area contributed by atoms with E-state index >= 15 is 0 Å². The molecule has 0 amide bonds. The van der Waals surface area contributed by atoms with Crippen LogP contribution < -0.4 is 5.32 Å². The van der Waals surface area contributed by atoms with Crippen molar-refractivity contribution >= 4 is 0 Å². The molecule has 1 aromatic carbocycles. The van der Waals surface area contributed by atoms with Gasteiger partial charge in [0.25, 0.3) is 0 Å². The quantitative estimate of drug-likeness (QED) is 0.851. The largest absolute Gasteiger partial charge is 0.377 e. The Labute approximate surface area is 93.6 Å². The minimum atomic E-state index is -0.407. The zero-order valence-corrected chi connectivity index (χ0v) is 9.01. The molecule has 1 heterocycles. The van der Waals surface area contributed by atoms with Crippen LogP contribution in [0.2, 0.25) is 0 Å². The van der Waals surface area contributed by atoms with E-state index in [1.54, 1.807) is 0 Å². The number of ether oxygens (including phenoxy) is 1. The molecule has 1 fully saturated rings. The van der Waals surface area contributed by atoms with E-state index in [-0.39, 0.29) is 11.9 Å². The molecule has 0 spiro atoms. The van der Waals surface area contributed by atoms with Crippen molar-refractivity contribution in [3.05, 3.63) is 35.4 Å². The summed E-state index contributed by atoms with van der Waals surface area (Å²) in [5.41, 5.74) is 0.359. The number of halogens is 2. The summed E-state index contributed by atoms with van der Waals surface area (Å²) in [6.45, 7) is 1.83. The van der Waals surface area contributed by atoms with E-state index in [4.69, 9.17) is 4.74 Å². The molecular formula is C12H15F2NO. The molecule has 0 radical (unpaired) electrons. The second kappa shape index (κ2) is 5.37. The van der Waals surface area contributed by atoms with Crippen LogP contribution >= 0.6 is 0 Å². The van der Waals surface area contributed by atoms with Crippen molar-refractivity contribution in [2.45, 2.75) is 25.5 Å². The Morgan fingerprint density at radius 1 is 1.38 bits per heavy atom. The lowest BCUT2D eigenvalue weighted by molar-refractivity contribution is 0.110. The van der Waals surface area contributed by atoms with Crippen LogP contribution in [0.5, 0.6) is 0 Å². The van der Waals surface area contributed by atoms with Gasteiger partial charge in [-0.1, -0.05) is 0 Å². The number of rotatable bonds is 4. The molecule has 1 atom stereocenters. The molecule has 0 bridgehead atoms. The summed E-state index contributed by atoms with van der Waals surface area (Å²) in [5.74, 6) is -0.781. The SMILES string of the molecule is Fc1ccc(F)c(CNC[C@@H]2CCCO2)c1. The van der Waals surface area contributed by atoms with Gasteiger partial charge in [-0.05, 0) is 31.0 Å². The van der Waals surface area contributed by atoms with Gasteiger partial charge in [-0.25, -0.2) is 8.78 Å². The molecule has 1 aromatic rings. The van der Waals surface area contributed by atoms with E-state index in [1.807, 2.05) is 0 Å². The van der Waals surface area contributed by atoms with Crippen LogP contribution in [-0.4, -0.2) is 19.3 Å². The van der Waals surface area contributed by atoms with Crippen molar-refractivity contribution in [3.8, 4) is 0 Å². The zero-order chi connectivity index (χ0) is 11.4. The Morgan fingerprint density at radius 3 is 3.00 bits per heavy atom. The molecule has 88 valence electrons. The molecule has 1 aliphatic heterocycles. The lowest BCUT2D eigenvalue weighted by Crippen LogP contribution is -2.26.